The minimum Gasteiger partial charge on any atom is -0.327 e. The molecule has 0 bridgehead atoms. The van der Waals surface area contributed by atoms with Crippen LogP contribution in [0.3, 0.4) is 0 Å². The molecular formula is C8H12F4N2. The zero-order valence-corrected chi connectivity index (χ0v) is 7.52. The highest BCUT2D eigenvalue weighted by Gasteiger charge is 2.62. The van der Waals surface area contributed by atoms with Crippen LogP contribution >= 0.6 is 0 Å². The Hall–Kier alpha value is -0.620. The van der Waals surface area contributed by atoms with E-state index < -0.39 is 24.9 Å². The van der Waals surface area contributed by atoms with E-state index in [2.05, 4.69) is 0 Å². The Kier molecular flexibility index (Phi) is 3.16. The first kappa shape index (κ1) is 11.5. The summed E-state index contributed by atoms with van der Waals surface area (Å²) in [6, 6.07) is 0. The highest BCUT2D eigenvalue weighted by molar-refractivity contribution is 4.99. The lowest BCUT2D eigenvalue weighted by molar-refractivity contribution is -0.172. The molecule has 0 aliphatic carbocycles. The van der Waals surface area contributed by atoms with Crippen molar-refractivity contribution >= 4 is 0 Å². The van der Waals surface area contributed by atoms with Gasteiger partial charge < -0.3 is 5.73 Å². The predicted octanol–water partition coefficient (Wildman–Crippen LogP) is 1.09. The van der Waals surface area contributed by atoms with Gasteiger partial charge >= 0.3 is 11.8 Å². The van der Waals surface area contributed by atoms with E-state index in [1.165, 1.54) is 6.08 Å². The topological polar surface area (TPSA) is 29.3 Å². The largest absolute Gasteiger partial charge is 0.327 e. The smallest absolute Gasteiger partial charge is 0.323 e. The lowest BCUT2D eigenvalue weighted by Gasteiger charge is -2.15. The Labute approximate surface area is 79.4 Å². The Balaban J connectivity index is 2.51. The number of nitrogens with zero attached hydrogens (tertiary/aromatic N) is 1. The van der Waals surface area contributed by atoms with Gasteiger partial charge in [-0.25, -0.2) is 0 Å². The van der Waals surface area contributed by atoms with E-state index in [-0.39, 0.29) is 13.1 Å². The summed E-state index contributed by atoms with van der Waals surface area (Å²) in [5, 5.41) is 0. The molecule has 0 atom stereocenters. The van der Waals surface area contributed by atoms with Crippen LogP contribution in [0.5, 0.6) is 0 Å². The van der Waals surface area contributed by atoms with Gasteiger partial charge in [-0.1, -0.05) is 12.2 Å². The van der Waals surface area contributed by atoms with Crippen LogP contribution in [0.25, 0.3) is 0 Å². The molecule has 0 aromatic heterocycles. The SMILES string of the molecule is NC/C=C/CN1CC(F)(F)C(F)(F)C1. The molecule has 2 nitrogen and oxygen atoms in total. The number of hydrogen-bond acceptors (Lipinski definition) is 2. The Morgan fingerprint density at radius 2 is 1.57 bits per heavy atom. The molecule has 1 aliphatic rings. The van der Waals surface area contributed by atoms with Gasteiger partial charge in [0.05, 0.1) is 13.1 Å². The fraction of sp³-hybridized carbons (Fsp3) is 0.750. The second-order valence-electron chi connectivity index (χ2n) is 3.29. The van der Waals surface area contributed by atoms with Gasteiger partial charge in [-0.2, -0.15) is 17.6 Å². The summed E-state index contributed by atoms with van der Waals surface area (Å²) < 4.78 is 50.6. The molecule has 0 unspecified atom stereocenters. The number of nitrogens with two attached hydrogens (primary N) is 1. The Morgan fingerprint density at radius 3 is 2.00 bits per heavy atom. The molecule has 0 radical (unpaired) electrons. The van der Waals surface area contributed by atoms with E-state index in [0.717, 1.165) is 4.90 Å². The minimum absolute atomic E-state index is 0.0857. The summed E-state index contributed by atoms with van der Waals surface area (Å²) in [7, 11) is 0. The first-order valence-corrected chi connectivity index (χ1v) is 4.22. The molecule has 1 heterocycles. The number of alkyl halides is 4. The molecule has 2 N–H and O–H groups in total. The fourth-order valence-electron chi connectivity index (χ4n) is 1.30. The lowest BCUT2D eigenvalue weighted by atomic mass is 10.2. The van der Waals surface area contributed by atoms with Crippen molar-refractivity contribution in [3.8, 4) is 0 Å². The van der Waals surface area contributed by atoms with Gasteiger partial charge in [0.1, 0.15) is 0 Å². The second kappa shape index (κ2) is 3.86. The second-order valence-corrected chi connectivity index (χ2v) is 3.29. The van der Waals surface area contributed by atoms with Gasteiger partial charge in [0, 0.05) is 13.1 Å². The summed E-state index contributed by atoms with van der Waals surface area (Å²) >= 11 is 0. The lowest BCUT2D eigenvalue weighted by Crippen LogP contribution is -2.38. The summed E-state index contributed by atoms with van der Waals surface area (Å²) in [4.78, 5) is 1.01. The van der Waals surface area contributed by atoms with Crippen LogP contribution in [-0.4, -0.2) is 42.9 Å². The zero-order chi connectivity index (χ0) is 10.8. The van der Waals surface area contributed by atoms with E-state index >= 15 is 0 Å². The highest BCUT2D eigenvalue weighted by Crippen LogP contribution is 2.40. The van der Waals surface area contributed by atoms with Crippen LogP contribution in [0.2, 0.25) is 0 Å². The Bertz CT molecular complexity index is 211. The van der Waals surface area contributed by atoms with E-state index in [9.17, 15) is 17.6 Å². The van der Waals surface area contributed by atoms with Crippen molar-refractivity contribution in [1.82, 2.24) is 4.90 Å². The van der Waals surface area contributed by atoms with Gasteiger partial charge in [0.25, 0.3) is 0 Å². The molecule has 0 spiro atoms. The van der Waals surface area contributed by atoms with Gasteiger partial charge in [-0.15, -0.1) is 0 Å². The third kappa shape index (κ3) is 2.24. The Morgan fingerprint density at radius 1 is 1.07 bits per heavy atom. The van der Waals surface area contributed by atoms with Gasteiger partial charge in [0.15, 0.2) is 0 Å². The molecule has 1 fully saturated rings. The highest BCUT2D eigenvalue weighted by atomic mass is 19.3. The van der Waals surface area contributed by atoms with Gasteiger partial charge in [0.2, 0.25) is 0 Å². The van der Waals surface area contributed by atoms with Crippen LogP contribution in [0.4, 0.5) is 17.6 Å². The quantitative estimate of drug-likeness (QED) is 0.560. The maximum Gasteiger partial charge on any atom is 0.323 e. The number of halogens is 4. The molecule has 1 saturated heterocycles. The van der Waals surface area contributed by atoms with E-state index in [0.29, 0.717) is 0 Å². The summed E-state index contributed by atoms with van der Waals surface area (Å²) in [6.07, 6.45) is 3.06. The first-order chi connectivity index (χ1) is 6.39. The summed E-state index contributed by atoms with van der Waals surface area (Å²) in [5.74, 6) is -7.83. The maximum absolute atomic E-state index is 12.6. The van der Waals surface area contributed by atoms with Crippen LogP contribution in [0, 0.1) is 0 Å². The van der Waals surface area contributed by atoms with Crippen molar-refractivity contribution in [1.29, 1.82) is 0 Å². The molecule has 0 saturated carbocycles. The molecule has 0 aromatic carbocycles. The third-order valence-electron chi connectivity index (χ3n) is 2.05. The number of likely N-dealkylation sites (tertiary alicyclic amines) is 1. The van der Waals surface area contributed by atoms with Gasteiger partial charge in [-0.3, -0.25) is 4.90 Å². The van der Waals surface area contributed by atoms with Crippen molar-refractivity contribution in [2.45, 2.75) is 11.8 Å². The van der Waals surface area contributed by atoms with Crippen LogP contribution < -0.4 is 5.73 Å². The van der Waals surface area contributed by atoms with Gasteiger partial charge in [-0.05, 0) is 0 Å². The molecule has 1 aliphatic heterocycles. The average molecular weight is 212 g/mol. The minimum atomic E-state index is -3.91. The molecular weight excluding hydrogens is 200 g/mol. The number of hydrogen-bond donors (Lipinski definition) is 1. The molecule has 6 heteroatoms. The van der Waals surface area contributed by atoms with Crippen LogP contribution in [-0.2, 0) is 0 Å². The van der Waals surface area contributed by atoms with Crippen molar-refractivity contribution in [3.63, 3.8) is 0 Å². The van der Waals surface area contributed by atoms with Crippen molar-refractivity contribution in [2.24, 2.45) is 5.73 Å². The van der Waals surface area contributed by atoms with Crippen LogP contribution in [0.15, 0.2) is 12.2 Å². The monoisotopic (exact) mass is 212 g/mol. The van der Waals surface area contributed by atoms with E-state index in [4.69, 9.17) is 5.73 Å². The molecule has 0 aromatic rings. The molecule has 82 valence electrons. The predicted molar refractivity (Wildman–Crippen MR) is 44.5 cm³/mol. The standard InChI is InChI=1S/C8H12F4N2/c9-7(10)5-14(4-2-1-3-13)6-8(7,11)12/h1-2H,3-6,13H2/b2-1+. The average Bonchev–Trinajstić information content (AvgIpc) is 2.21. The zero-order valence-electron chi connectivity index (χ0n) is 7.52. The third-order valence-corrected chi connectivity index (χ3v) is 2.05. The van der Waals surface area contributed by atoms with Crippen LogP contribution in [0.1, 0.15) is 0 Å². The van der Waals surface area contributed by atoms with E-state index in [1.54, 1.807) is 6.08 Å². The van der Waals surface area contributed by atoms with E-state index in [1.807, 2.05) is 0 Å². The number of rotatable bonds is 3. The fourth-order valence-corrected chi connectivity index (χ4v) is 1.30. The molecule has 14 heavy (non-hydrogen) atoms. The maximum atomic E-state index is 12.6. The normalized spacial score (nSPS) is 26.1. The summed E-state index contributed by atoms with van der Waals surface area (Å²) in [5.41, 5.74) is 5.12. The molecule has 1 rings (SSSR count). The van der Waals surface area contributed by atoms with Crippen molar-refractivity contribution in [2.75, 3.05) is 26.2 Å². The molecule has 0 amide bonds. The van der Waals surface area contributed by atoms with Crippen molar-refractivity contribution in [3.05, 3.63) is 12.2 Å². The van der Waals surface area contributed by atoms with Crippen molar-refractivity contribution < 1.29 is 17.6 Å². The first-order valence-electron chi connectivity index (χ1n) is 4.22. The summed E-state index contributed by atoms with van der Waals surface area (Å²) in [6.45, 7) is -1.42.